The van der Waals surface area contributed by atoms with Gasteiger partial charge in [0.2, 0.25) is 5.91 Å². The van der Waals surface area contributed by atoms with E-state index < -0.39 is 0 Å². The Kier molecular flexibility index (Phi) is 6.09. The van der Waals surface area contributed by atoms with Gasteiger partial charge in [0, 0.05) is 62.4 Å². The molecule has 2 aromatic rings. The van der Waals surface area contributed by atoms with Gasteiger partial charge >= 0.3 is 0 Å². The summed E-state index contributed by atoms with van der Waals surface area (Å²) in [6.07, 6.45) is 6.24. The van der Waals surface area contributed by atoms with Crippen molar-refractivity contribution >= 4 is 5.91 Å². The molecule has 1 atom stereocenters. The number of piperidine rings is 1. The Morgan fingerprint density at radius 2 is 2.14 bits per heavy atom. The number of aromatic nitrogens is 2. The van der Waals surface area contributed by atoms with E-state index in [1.54, 1.807) is 7.11 Å². The number of methoxy groups -OCH3 is 1. The molecule has 6 heteroatoms. The lowest BCUT2D eigenvalue weighted by Crippen LogP contribution is -2.39. The van der Waals surface area contributed by atoms with Gasteiger partial charge in [-0.15, -0.1) is 0 Å². The van der Waals surface area contributed by atoms with Crippen LogP contribution >= 0.6 is 0 Å². The third-order valence-electron chi connectivity index (χ3n) is 6.08. The number of hydrogen-bond acceptors (Lipinski definition) is 5. The van der Waals surface area contributed by atoms with Crippen molar-refractivity contribution in [3.8, 4) is 5.75 Å². The number of hydrogen-bond donors (Lipinski definition) is 0. The summed E-state index contributed by atoms with van der Waals surface area (Å²) >= 11 is 0. The first-order valence-electron chi connectivity index (χ1n) is 10.6. The van der Waals surface area contributed by atoms with E-state index in [0.717, 1.165) is 62.6 Å². The molecule has 6 nitrogen and oxygen atoms in total. The Hall–Kier alpha value is -2.47. The predicted octanol–water partition coefficient (Wildman–Crippen LogP) is 2.81. The summed E-state index contributed by atoms with van der Waals surface area (Å²) < 4.78 is 5.41. The second kappa shape index (κ2) is 8.91. The van der Waals surface area contributed by atoms with Crippen molar-refractivity contribution in [1.82, 2.24) is 19.8 Å². The maximum atomic E-state index is 12.9. The number of carbonyl (C=O) groups excluding carboxylic acids is 1. The van der Waals surface area contributed by atoms with E-state index >= 15 is 0 Å². The molecule has 2 aliphatic heterocycles. The Labute approximate surface area is 172 Å². The molecular formula is C23H30N4O2. The molecule has 0 aliphatic carbocycles. The number of fused-ring (bicyclic) bond motifs is 1. The lowest BCUT2D eigenvalue weighted by atomic mass is 9.96. The molecule has 0 spiro atoms. The SMILES string of the molecule is COc1ccccc1CCC(=O)N1CCCC(c2ncc3c(n2)CCN(C)C3)C1. The highest BCUT2D eigenvalue weighted by Crippen LogP contribution is 2.27. The Bertz CT molecular complexity index is 870. The van der Waals surface area contributed by atoms with Crippen LogP contribution in [0.15, 0.2) is 30.5 Å². The maximum absolute atomic E-state index is 12.9. The number of carbonyl (C=O) groups is 1. The van der Waals surface area contributed by atoms with Gasteiger partial charge in [0.25, 0.3) is 0 Å². The average Bonchev–Trinajstić information content (AvgIpc) is 2.77. The van der Waals surface area contributed by atoms with Crippen molar-refractivity contribution in [2.45, 2.75) is 44.6 Å². The zero-order valence-corrected chi connectivity index (χ0v) is 17.4. The number of amides is 1. The molecule has 154 valence electrons. The number of rotatable bonds is 5. The van der Waals surface area contributed by atoms with Crippen LogP contribution in [-0.2, 0) is 24.2 Å². The average molecular weight is 395 g/mol. The second-order valence-corrected chi connectivity index (χ2v) is 8.18. The lowest BCUT2D eigenvalue weighted by molar-refractivity contribution is -0.132. The molecule has 1 saturated heterocycles. The Balaban J connectivity index is 1.38. The summed E-state index contributed by atoms with van der Waals surface area (Å²) in [6, 6.07) is 7.92. The first-order valence-corrected chi connectivity index (χ1v) is 10.6. The first-order chi connectivity index (χ1) is 14.1. The van der Waals surface area contributed by atoms with Gasteiger partial charge in [-0.2, -0.15) is 0 Å². The van der Waals surface area contributed by atoms with Gasteiger partial charge in [0.1, 0.15) is 11.6 Å². The fourth-order valence-electron chi connectivity index (χ4n) is 4.39. The molecule has 1 unspecified atom stereocenters. The number of likely N-dealkylation sites (tertiary alicyclic amines) is 1. The molecule has 0 radical (unpaired) electrons. The van der Waals surface area contributed by atoms with E-state index in [1.165, 1.54) is 11.3 Å². The molecule has 0 bridgehead atoms. The van der Waals surface area contributed by atoms with Crippen molar-refractivity contribution in [2.75, 3.05) is 33.8 Å². The van der Waals surface area contributed by atoms with Crippen LogP contribution in [0, 0.1) is 0 Å². The topological polar surface area (TPSA) is 58.6 Å². The lowest BCUT2D eigenvalue weighted by Gasteiger charge is -2.33. The number of aryl methyl sites for hydroxylation is 1. The monoisotopic (exact) mass is 394 g/mol. The smallest absolute Gasteiger partial charge is 0.222 e. The van der Waals surface area contributed by atoms with E-state index in [-0.39, 0.29) is 11.8 Å². The summed E-state index contributed by atoms with van der Waals surface area (Å²) in [7, 11) is 3.80. The van der Waals surface area contributed by atoms with Gasteiger partial charge in [-0.3, -0.25) is 4.79 Å². The summed E-state index contributed by atoms with van der Waals surface area (Å²) in [6.45, 7) is 3.52. The highest BCUT2D eigenvalue weighted by Gasteiger charge is 2.27. The van der Waals surface area contributed by atoms with Crippen LogP contribution in [0.2, 0.25) is 0 Å². The van der Waals surface area contributed by atoms with Gasteiger partial charge in [-0.05, 0) is 37.9 Å². The Morgan fingerprint density at radius 3 is 3.00 bits per heavy atom. The second-order valence-electron chi connectivity index (χ2n) is 8.18. The van der Waals surface area contributed by atoms with Crippen LogP contribution in [0.1, 0.15) is 47.8 Å². The minimum Gasteiger partial charge on any atom is -0.496 e. The summed E-state index contributed by atoms with van der Waals surface area (Å²) in [5, 5.41) is 0. The molecule has 4 rings (SSSR count). The number of likely N-dealkylation sites (N-methyl/N-ethyl adjacent to an activating group) is 1. The van der Waals surface area contributed by atoms with Crippen LogP contribution < -0.4 is 4.74 Å². The number of nitrogens with zero attached hydrogens (tertiary/aromatic N) is 4. The van der Waals surface area contributed by atoms with Gasteiger partial charge < -0.3 is 14.5 Å². The van der Waals surface area contributed by atoms with Crippen LogP contribution in [0.4, 0.5) is 0 Å². The quantitative estimate of drug-likeness (QED) is 0.781. The molecule has 0 saturated carbocycles. The maximum Gasteiger partial charge on any atom is 0.222 e. The normalized spacial score (nSPS) is 19.7. The van der Waals surface area contributed by atoms with Crippen LogP contribution in [0.3, 0.4) is 0 Å². The molecule has 1 amide bonds. The highest BCUT2D eigenvalue weighted by molar-refractivity contribution is 5.76. The number of ether oxygens (including phenoxy) is 1. The molecule has 1 aromatic carbocycles. The largest absolute Gasteiger partial charge is 0.496 e. The summed E-state index contributed by atoms with van der Waals surface area (Å²) in [5.41, 5.74) is 3.51. The van der Waals surface area contributed by atoms with Crippen molar-refractivity contribution in [3.05, 3.63) is 53.1 Å². The molecule has 3 heterocycles. The third-order valence-corrected chi connectivity index (χ3v) is 6.08. The van der Waals surface area contributed by atoms with Crippen LogP contribution in [-0.4, -0.2) is 59.5 Å². The van der Waals surface area contributed by atoms with Crippen molar-refractivity contribution < 1.29 is 9.53 Å². The fraction of sp³-hybridized carbons (Fsp3) is 0.522. The predicted molar refractivity (Wildman–Crippen MR) is 112 cm³/mol. The molecule has 29 heavy (non-hydrogen) atoms. The van der Waals surface area contributed by atoms with Crippen LogP contribution in [0.25, 0.3) is 0 Å². The van der Waals surface area contributed by atoms with E-state index in [0.29, 0.717) is 12.8 Å². The van der Waals surface area contributed by atoms with Crippen LogP contribution in [0.5, 0.6) is 5.75 Å². The van der Waals surface area contributed by atoms with Crippen molar-refractivity contribution in [2.24, 2.45) is 0 Å². The zero-order chi connectivity index (χ0) is 20.2. The molecule has 1 aromatic heterocycles. The van der Waals surface area contributed by atoms with Gasteiger partial charge in [0.05, 0.1) is 7.11 Å². The minimum absolute atomic E-state index is 0.209. The standard InChI is InChI=1S/C23H30N4O2/c1-26-13-11-20-19(15-26)14-24-23(25-20)18-7-5-12-27(16-18)22(28)10-9-17-6-3-4-8-21(17)29-2/h3-4,6,8,14,18H,5,7,9-13,15-16H2,1-2H3. The molecule has 0 N–H and O–H groups in total. The zero-order valence-electron chi connectivity index (χ0n) is 17.4. The number of benzene rings is 1. The summed E-state index contributed by atoms with van der Waals surface area (Å²) in [4.78, 5) is 26.7. The summed E-state index contributed by atoms with van der Waals surface area (Å²) in [5.74, 6) is 2.21. The number of para-hydroxylation sites is 1. The van der Waals surface area contributed by atoms with E-state index in [9.17, 15) is 4.79 Å². The van der Waals surface area contributed by atoms with E-state index in [4.69, 9.17) is 9.72 Å². The fourth-order valence-corrected chi connectivity index (χ4v) is 4.39. The minimum atomic E-state index is 0.209. The van der Waals surface area contributed by atoms with E-state index in [1.807, 2.05) is 35.4 Å². The van der Waals surface area contributed by atoms with Crippen molar-refractivity contribution in [3.63, 3.8) is 0 Å². The van der Waals surface area contributed by atoms with Crippen molar-refractivity contribution in [1.29, 1.82) is 0 Å². The third kappa shape index (κ3) is 4.58. The Morgan fingerprint density at radius 1 is 1.28 bits per heavy atom. The molecule has 2 aliphatic rings. The first kappa shape index (κ1) is 19.8. The van der Waals surface area contributed by atoms with E-state index in [2.05, 4.69) is 16.9 Å². The molecular weight excluding hydrogens is 364 g/mol. The van der Waals surface area contributed by atoms with Gasteiger partial charge in [-0.25, -0.2) is 9.97 Å². The molecule has 1 fully saturated rings. The van der Waals surface area contributed by atoms with Gasteiger partial charge in [-0.1, -0.05) is 18.2 Å². The highest BCUT2D eigenvalue weighted by atomic mass is 16.5. The van der Waals surface area contributed by atoms with Gasteiger partial charge in [0.15, 0.2) is 0 Å².